The van der Waals surface area contributed by atoms with Crippen molar-refractivity contribution in [3.05, 3.63) is 42.0 Å². The molecule has 2 heteroatoms. The first kappa shape index (κ1) is 16.3. The van der Waals surface area contributed by atoms with Gasteiger partial charge in [-0.25, -0.2) is 0 Å². The van der Waals surface area contributed by atoms with Crippen LogP contribution in [0, 0.1) is 0 Å². The van der Waals surface area contributed by atoms with Crippen LogP contribution in [0.3, 0.4) is 0 Å². The second-order valence-electron chi connectivity index (χ2n) is 7.43. The van der Waals surface area contributed by atoms with Crippen molar-refractivity contribution in [3.8, 4) is 0 Å². The fourth-order valence-electron chi connectivity index (χ4n) is 3.47. The van der Waals surface area contributed by atoms with Crippen LogP contribution >= 0.6 is 0 Å². The molecule has 1 aromatic carbocycles. The molecule has 2 nitrogen and oxygen atoms in total. The lowest BCUT2D eigenvalue weighted by atomic mass is 9.79. The van der Waals surface area contributed by atoms with E-state index in [0.29, 0.717) is 12.7 Å². The largest absolute Gasteiger partial charge is 0.373 e. The molecule has 0 bridgehead atoms. The highest BCUT2D eigenvalue weighted by Crippen LogP contribution is 2.38. The lowest BCUT2D eigenvalue weighted by molar-refractivity contribution is -0.0962. The molecule has 0 aromatic heterocycles. The average molecular weight is 287 g/mol. The Labute approximate surface area is 129 Å². The van der Waals surface area contributed by atoms with E-state index in [-0.39, 0.29) is 11.1 Å². The Morgan fingerprint density at radius 2 is 1.76 bits per heavy atom. The predicted octanol–water partition coefficient (Wildman–Crippen LogP) is 4.50. The molecular weight excluding hydrogens is 258 g/mol. The zero-order valence-electron chi connectivity index (χ0n) is 14.1. The van der Waals surface area contributed by atoms with Crippen LogP contribution in [0.25, 0.3) is 6.08 Å². The average Bonchev–Trinajstić information content (AvgIpc) is 2.42. The second-order valence-corrected chi connectivity index (χ2v) is 7.43. The molecule has 0 atom stereocenters. The van der Waals surface area contributed by atoms with Crippen LogP contribution in [0.5, 0.6) is 0 Å². The summed E-state index contributed by atoms with van der Waals surface area (Å²) in [4.78, 5) is 2.48. The van der Waals surface area contributed by atoms with E-state index in [1.54, 1.807) is 0 Å². The van der Waals surface area contributed by atoms with Gasteiger partial charge in [0.25, 0.3) is 0 Å². The molecule has 1 heterocycles. The molecule has 1 aliphatic heterocycles. The van der Waals surface area contributed by atoms with E-state index < -0.39 is 0 Å². The third-order valence-electron chi connectivity index (χ3n) is 5.02. The zero-order valence-corrected chi connectivity index (χ0v) is 14.1. The predicted molar refractivity (Wildman–Crippen MR) is 90.3 cm³/mol. The van der Waals surface area contributed by atoms with Crippen LogP contribution in [-0.4, -0.2) is 29.1 Å². The van der Waals surface area contributed by atoms with Crippen LogP contribution < -0.4 is 0 Å². The summed E-state index contributed by atoms with van der Waals surface area (Å²) < 4.78 is 6.26. The SMILES string of the molecule is C=Cc1ccccc1COC1CC(C)(C)N(C)C(C)(C)C1. The van der Waals surface area contributed by atoms with Gasteiger partial charge < -0.3 is 4.74 Å². The summed E-state index contributed by atoms with van der Waals surface area (Å²) in [5.74, 6) is 0. The van der Waals surface area contributed by atoms with Crippen molar-refractivity contribution < 1.29 is 4.74 Å². The summed E-state index contributed by atoms with van der Waals surface area (Å²) in [5.41, 5.74) is 2.74. The van der Waals surface area contributed by atoms with Crippen molar-refractivity contribution in [1.29, 1.82) is 0 Å². The Morgan fingerprint density at radius 3 is 2.33 bits per heavy atom. The van der Waals surface area contributed by atoms with Gasteiger partial charge in [0.15, 0.2) is 0 Å². The molecule has 0 unspecified atom stereocenters. The topological polar surface area (TPSA) is 12.5 Å². The van der Waals surface area contributed by atoms with Gasteiger partial charge in [-0.05, 0) is 58.7 Å². The van der Waals surface area contributed by atoms with Gasteiger partial charge in [-0.1, -0.05) is 36.9 Å². The summed E-state index contributed by atoms with van der Waals surface area (Å²) in [6, 6.07) is 8.33. The summed E-state index contributed by atoms with van der Waals surface area (Å²) >= 11 is 0. The molecule has 21 heavy (non-hydrogen) atoms. The van der Waals surface area contributed by atoms with E-state index in [4.69, 9.17) is 4.74 Å². The number of likely N-dealkylation sites (tertiary alicyclic amines) is 1. The Bertz CT molecular complexity index is 486. The maximum Gasteiger partial charge on any atom is 0.0726 e. The zero-order chi connectivity index (χ0) is 15.7. The van der Waals surface area contributed by atoms with Gasteiger partial charge in [0.1, 0.15) is 0 Å². The Morgan fingerprint density at radius 1 is 1.19 bits per heavy atom. The van der Waals surface area contributed by atoms with Crippen molar-refractivity contribution in [2.45, 2.75) is 64.3 Å². The second kappa shape index (κ2) is 5.94. The first-order chi connectivity index (χ1) is 9.76. The molecule has 0 radical (unpaired) electrons. The number of benzene rings is 1. The Kier molecular flexibility index (Phi) is 4.60. The van der Waals surface area contributed by atoms with Gasteiger partial charge in [0.05, 0.1) is 12.7 Å². The summed E-state index contributed by atoms with van der Waals surface area (Å²) in [7, 11) is 2.23. The minimum absolute atomic E-state index is 0.171. The lowest BCUT2D eigenvalue weighted by Gasteiger charge is -2.53. The number of hydrogen-bond donors (Lipinski definition) is 0. The number of hydrogen-bond acceptors (Lipinski definition) is 2. The highest BCUT2D eigenvalue weighted by atomic mass is 16.5. The van der Waals surface area contributed by atoms with Gasteiger partial charge >= 0.3 is 0 Å². The highest BCUT2D eigenvalue weighted by Gasteiger charge is 2.43. The normalized spacial score (nSPS) is 22.1. The molecule has 116 valence electrons. The van der Waals surface area contributed by atoms with E-state index in [9.17, 15) is 0 Å². The van der Waals surface area contributed by atoms with Gasteiger partial charge in [-0.3, -0.25) is 4.90 Å². The summed E-state index contributed by atoms with van der Waals surface area (Å²) in [5, 5.41) is 0. The van der Waals surface area contributed by atoms with Crippen molar-refractivity contribution in [3.63, 3.8) is 0 Å². The van der Waals surface area contributed by atoms with E-state index >= 15 is 0 Å². The summed E-state index contributed by atoms with van der Waals surface area (Å²) in [6.07, 6.45) is 4.36. The number of piperidine rings is 1. The van der Waals surface area contributed by atoms with E-state index in [1.165, 1.54) is 11.1 Å². The number of rotatable bonds is 4. The molecule has 0 amide bonds. The molecule has 0 aliphatic carbocycles. The standard InChI is InChI=1S/C19H29NO/c1-7-15-10-8-9-11-16(15)14-21-17-12-18(2,3)20(6)19(4,5)13-17/h7-11,17H,1,12-14H2,2-6H3. The van der Waals surface area contributed by atoms with E-state index in [0.717, 1.165) is 12.8 Å². The van der Waals surface area contributed by atoms with Gasteiger partial charge in [0.2, 0.25) is 0 Å². The third kappa shape index (κ3) is 3.56. The fourth-order valence-corrected chi connectivity index (χ4v) is 3.47. The smallest absolute Gasteiger partial charge is 0.0726 e. The van der Waals surface area contributed by atoms with Crippen molar-refractivity contribution >= 4 is 6.08 Å². The minimum Gasteiger partial charge on any atom is -0.373 e. The molecule has 1 aliphatic rings. The first-order valence-electron chi connectivity index (χ1n) is 7.82. The first-order valence-corrected chi connectivity index (χ1v) is 7.82. The molecule has 1 saturated heterocycles. The highest BCUT2D eigenvalue weighted by molar-refractivity contribution is 5.51. The quantitative estimate of drug-likeness (QED) is 0.808. The molecule has 0 N–H and O–H groups in total. The van der Waals surface area contributed by atoms with Crippen LogP contribution in [0.1, 0.15) is 51.7 Å². The van der Waals surface area contributed by atoms with Crippen LogP contribution in [0.4, 0.5) is 0 Å². The maximum atomic E-state index is 6.26. The molecule has 0 spiro atoms. The van der Waals surface area contributed by atoms with E-state index in [1.807, 2.05) is 12.1 Å². The molecule has 0 saturated carbocycles. The third-order valence-corrected chi connectivity index (χ3v) is 5.02. The maximum absolute atomic E-state index is 6.26. The monoisotopic (exact) mass is 287 g/mol. The lowest BCUT2D eigenvalue weighted by Crippen LogP contribution is -2.60. The fraction of sp³-hybridized carbons (Fsp3) is 0.579. The van der Waals surface area contributed by atoms with Crippen molar-refractivity contribution in [1.82, 2.24) is 4.90 Å². The minimum atomic E-state index is 0.171. The summed E-state index contributed by atoms with van der Waals surface area (Å²) in [6.45, 7) is 13.8. The number of nitrogens with zero attached hydrogens (tertiary/aromatic N) is 1. The van der Waals surface area contributed by atoms with Crippen molar-refractivity contribution in [2.75, 3.05) is 7.05 Å². The molecule has 1 aromatic rings. The molecule has 2 rings (SSSR count). The van der Waals surface area contributed by atoms with E-state index in [2.05, 4.69) is 64.4 Å². The Hall–Kier alpha value is -1.12. The van der Waals surface area contributed by atoms with Gasteiger partial charge in [-0.15, -0.1) is 0 Å². The molecular formula is C19H29NO. The Balaban J connectivity index is 2.05. The van der Waals surface area contributed by atoms with Crippen LogP contribution in [0.2, 0.25) is 0 Å². The van der Waals surface area contributed by atoms with Crippen LogP contribution in [-0.2, 0) is 11.3 Å². The van der Waals surface area contributed by atoms with Gasteiger partial charge in [-0.2, -0.15) is 0 Å². The van der Waals surface area contributed by atoms with Crippen molar-refractivity contribution in [2.24, 2.45) is 0 Å². The van der Waals surface area contributed by atoms with Crippen LogP contribution in [0.15, 0.2) is 30.8 Å². The molecule has 1 fully saturated rings. The van der Waals surface area contributed by atoms with Gasteiger partial charge in [0, 0.05) is 11.1 Å². The number of ether oxygens (including phenoxy) is 1.